The van der Waals surface area contributed by atoms with Crippen LogP contribution >= 0.6 is 0 Å². The maximum absolute atomic E-state index is 12.7. The Labute approximate surface area is 150 Å². The minimum atomic E-state index is 0.250. The zero-order valence-corrected chi connectivity index (χ0v) is 15.2. The Hall–Kier alpha value is -2.20. The maximum Gasteiger partial charge on any atom is 0.224 e. The van der Waals surface area contributed by atoms with E-state index >= 15 is 0 Å². The van der Waals surface area contributed by atoms with Crippen LogP contribution in [-0.4, -0.2) is 39.8 Å². The molecule has 4 nitrogen and oxygen atoms in total. The molecule has 0 spiro atoms. The van der Waals surface area contributed by atoms with E-state index in [9.17, 15) is 4.79 Å². The molecular formula is C21H27N3O. The van der Waals surface area contributed by atoms with Crippen molar-refractivity contribution in [1.82, 2.24) is 14.8 Å². The SMILES string of the molecule is CCC1CN(Cc2cccc(C)n2)CCC(=O)N1Cc1ccccc1. The van der Waals surface area contributed by atoms with Crippen molar-refractivity contribution < 1.29 is 4.79 Å². The Morgan fingerprint density at radius 2 is 1.88 bits per heavy atom. The van der Waals surface area contributed by atoms with E-state index in [0.29, 0.717) is 13.0 Å². The van der Waals surface area contributed by atoms with Crippen molar-refractivity contribution in [2.75, 3.05) is 13.1 Å². The van der Waals surface area contributed by atoms with Crippen molar-refractivity contribution in [3.8, 4) is 0 Å². The number of carbonyl (C=O) groups is 1. The second-order valence-corrected chi connectivity index (χ2v) is 6.82. The van der Waals surface area contributed by atoms with Gasteiger partial charge in [-0.3, -0.25) is 14.7 Å². The zero-order valence-electron chi connectivity index (χ0n) is 15.2. The van der Waals surface area contributed by atoms with Crippen molar-refractivity contribution in [2.45, 2.75) is 45.8 Å². The summed E-state index contributed by atoms with van der Waals surface area (Å²) in [6.07, 6.45) is 1.55. The molecule has 2 heterocycles. The smallest absolute Gasteiger partial charge is 0.224 e. The zero-order chi connectivity index (χ0) is 17.6. The maximum atomic E-state index is 12.7. The Bertz CT molecular complexity index is 701. The molecule has 132 valence electrons. The predicted octanol–water partition coefficient (Wildman–Crippen LogP) is 3.40. The van der Waals surface area contributed by atoms with Crippen LogP contribution in [0.4, 0.5) is 0 Å². The molecule has 1 atom stereocenters. The van der Waals surface area contributed by atoms with Crippen LogP contribution in [0.2, 0.25) is 0 Å². The van der Waals surface area contributed by atoms with Gasteiger partial charge >= 0.3 is 0 Å². The number of hydrogen-bond acceptors (Lipinski definition) is 3. The first-order valence-corrected chi connectivity index (χ1v) is 9.14. The fourth-order valence-corrected chi connectivity index (χ4v) is 3.50. The van der Waals surface area contributed by atoms with Crippen LogP contribution in [-0.2, 0) is 17.9 Å². The molecule has 2 aromatic rings. The highest BCUT2D eigenvalue weighted by atomic mass is 16.2. The quantitative estimate of drug-likeness (QED) is 0.839. The molecule has 1 unspecified atom stereocenters. The van der Waals surface area contributed by atoms with Gasteiger partial charge in [0.2, 0.25) is 5.91 Å². The lowest BCUT2D eigenvalue weighted by Crippen LogP contribution is -2.42. The van der Waals surface area contributed by atoms with Crippen molar-refractivity contribution >= 4 is 5.91 Å². The van der Waals surface area contributed by atoms with E-state index in [-0.39, 0.29) is 11.9 Å². The lowest BCUT2D eigenvalue weighted by atomic mass is 10.1. The van der Waals surface area contributed by atoms with E-state index in [4.69, 9.17) is 0 Å². The van der Waals surface area contributed by atoms with Crippen LogP contribution in [0.25, 0.3) is 0 Å². The van der Waals surface area contributed by atoms with Crippen LogP contribution in [0.5, 0.6) is 0 Å². The van der Waals surface area contributed by atoms with Crippen LogP contribution < -0.4 is 0 Å². The Morgan fingerprint density at radius 1 is 1.08 bits per heavy atom. The molecule has 0 radical (unpaired) electrons. The van der Waals surface area contributed by atoms with Crippen LogP contribution in [0.1, 0.15) is 36.7 Å². The first-order valence-electron chi connectivity index (χ1n) is 9.14. The Kier molecular flexibility index (Phi) is 5.82. The topological polar surface area (TPSA) is 36.4 Å². The van der Waals surface area contributed by atoms with E-state index in [1.165, 1.54) is 5.56 Å². The number of amides is 1. The summed E-state index contributed by atoms with van der Waals surface area (Å²) in [4.78, 5) is 21.8. The molecule has 4 heteroatoms. The van der Waals surface area contributed by atoms with Gasteiger partial charge in [0.1, 0.15) is 0 Å². The summed E-state index contributed by atoms with van der Waals surface area (Å²) in [7, 11) is 0. The summed E-state index contributed by atoms with van der Waals surface area (Å²) in [5, 5.41) is 0. The minimum absolute atomic E-state index is 0.250. The molecule has 0 bridgehead atoms. The van der Waals surface area contributed by atoms with E-state index in [2.05, 4.69) is 46.0 Å². The number of rotatable bonds is 5. The summed E-state index contributed by atoms with van der Waals surface area (Å²) in [5.74, 6) is 0.260. The fourth-order valence-electron chi connectivity index (χ4n) is 3.50. The molecular weight excluding hydrogens is 310 g/mol. The first-order chi connectivity index (χ1) is 12.2. The highest BCUT2D eigenvalue weighted by Gasteiger charge is 2.28. The Morgan fingerprint density at radius 3 is 2.60 bits per heavy atom. The van der Waals surface area contributed by atoms with Crippen LogP contribution in [0.3, 0.4) is 0 Å². The molecule has 1 aliphatic rings. The third kappa shape index (κ3) is 4.67. The lowest BCUT2D eigenvalue weighted by Gasteiger charge is -2.31. The molecule has 1 aromatic heterocycles. The largest absolute Gasteiger partial charge is 0.334 e. The fraction of sp³-hybridized carbons (Fsp3) is 0.429. The Balaban J connectivity index is 1.72. The second kappa shape index (κ2) is 8.26. The predicted molar refractivity (Wildman–Crippen MR) is 99.9 cm³/mol. The molecule has 1 fully saturated rings. The molecule has 0 aliphatic carbocycles. The number of pyridine rings is 1. The molecule has 1 saturated heterocycles. The highest BCUT2D eigenvalue weighted by Crippen LogP contribution is 2.19. The molecule has 0 N–H and O–H groups in total. The standard InChI is InChI=1S/C21H27N3O/c1-3-20-16-23(15-19-11-7-8-17(2)22-19)13-12-21(25)24(20)14-18-9-5-4-6-10-18/h4-11,20H,3,12-16H2,1-2H3. The monoisotopic (exact) mass is 337 g/mol. The van der Waals surface area contributed by atoms with Crippen LogP contribution in [0.15, 0.2) is 48.5 Å². The molecule has 3 rings (SSSR count). The van der Waals surface area contributed by atoms with Gasteiger partial charge in [0.05, 0.1) is 5.69 Å². The average Bonchev–Trinajstić information content (AvgIpc) is 2.76. The first kappa shape index (κ1) is 17.6. The number of carbonyl (C=O) groups excluding carboxylic acids is 1. The normalized spacial score (nSPS) is 19.0. The van der Waals surface area contributed by atoms with E-state index in [0.717, 1.165) is 37.4 Å². The van der Waals surface area contributed by atoms with Crippen molar-refractivity contribution in [1.29, 1.82) is 0 Å². The van der Waals surface area contributed by atoms with Crippen molar-refractivity contribution in [2.24, 2.45) is 0 Å². The number of aromatic nitrogens is 1. The second-order valence-electron chi connectivity index (χ2n) is 6.82. The minimum Gasteiger partial charge on any atom is -0.334 e. The molecule has 1 aliphatic heterocycles. The van der Waals surface area contributed by atoms with Crippen LogP contribution in [0, 0.1) is 6.92 Å². The van der Waals surface area contributed by atoms with Gasteiger partial charge in [0, 0.05) is 44.3 Å². The van der Waals surface area contributed by atoms with Gasteiger partial charge in [0.25, 0.3) is 0 Å². The highest BCUT2D eigenvalue weighted by molar-refractivity contribution is 5.77. The summed E-state index contributed by atoms with van der Waals surface area (Å²) < 4.78 is 0. The van der Waals surface area contributed by atoms with Crippen molar-refractivity contribution in [3.05, 3.63) is 65.5 Å². The molecule has 25 heavy (non-hydrogen) atoms. The number of aryl methyl sites for hydroxylation is 1. The van der Waals surface area contributed by atoms with Gasteiger partial charge in [-0.05, 0) is 31.0 Å². The number of nitrogens with zero attached hydrogens (tertiary/aromatic N) is 3. The average molecular weight is 337 g/mol. The van der Waals surface area contributed by atoms with E-state index in [1.807, 2.05) is 31.2 Å². The van der Waals surface area contributed by atoms with Gasteiger partial charge < -0.3 is 4.90 Å². The summed E-state index contributed by atoms with van der Waals surface area (Å²) in [5.41, 5.74) is 3.32. The van der Waals surface area contributed by atoms with Gasteiger partial charge in [-0.2, -0.15) is 0 Å². The van der Waals surface area contributed by atoms with Gasteiger partial charge in [-0.25, -0.2) is 0 Å². The summed E-state index contributed by atoms with van der Waals surface area (Å²) in [6.45, 7) is 7.41. The van der Waals surface area contributed by atoms with E-state index in [1.54, 1.807) is 0 Å². The third-order valence-electron chi connectivity index (χ3n) is 4.87. The third-order valence-corrected chi connectivity index (χ3v) is 4.87. The lowest BCUT2D eigenvalue weighted by molar-refractivity contribution is -0.133. The molecule has 0 saturated carbocycles. The van der Waals surface area contributed by atoms with Gasteiger partial charge in [-0.15, -0.1) is 0 Å². The summed E-state index contributed by atoms with van der Waals surface area (Å²) in [6, 6.07) is 16.7. The molecule has 1 amide bonds. The van der Waals surface area contributed by atoms with Gasteiger partial charge in [-0.1, -0.05) is 43.3 Å². The number of benzene rings is 1. The summed E-state index contributed by atoms with van der Waals surface area (Å²) >= 11 is 0. The van der Waals surface area contributed by atoms with Crippen molar-refractivity contribution in [3.63, 3.8) is 0 Å². The van der Waals surface area contributed by atoms with E-state index < -0.39 is 0 Å². The number of hydrogen-bond donors (Lipinski definition) is 0. The van der Waals surface area contributed by atoms with Gasteiger partial charge in [0.15, 0.2) is 0 Å². The molecule has 1 aromatic carbocycles.